The van der Waals surface area contributed by atoms with Crippen molar-refractivity contribution in [3.8, 4) is 5.75 Å². The molecule has 1 heterocycles. The lowest BCUT2D eigenvalue weighted by Crippen LogP contribution is -2.25. The van der Waals surface area contributed by atoms with Crippen molar-refractivity contribution in [1.82, 2.24) is 9.97 Å². The largest absolute Gasteiger partial charge is 0.426 e. The normalized spacial score (nSPS) is 11.7. The van der Waals surface area contributed by atoms with Crippen LogP contribution in [-0.4, -0.2) is 15.9 Å². The summed E-state index contributed by atoms with van der Waals surface area (Å²) in [5.41, 5.74) is 1.22. The number of benzene rings is 1. The Morgan fingerprint density at radius 1 is 1.38 bits per heavy atom. The van der Waals surface area contributed by atoms with E-state index in [1.807, 2.05) is 26.8 Å². The topological polar surface area (TPSA) is 55.0 Å². The van der Waals surface area contributed by atoms with Crippen LogP contribution in [-0.2, 0) is 4.79 Å². The predicted octanol–water partition coefficient (Wildman–Crippen LogP) is 2.51. The number of nitrogens with one attached hydrogen (secondary N) is 1. The first-order valence-corrected chi connectivity index (χ1v) is 5.12. The van der Waals surface area contributed by atoms with Gasteiger partial charge in [0.1, 0.15) is 5.75 Å². The molecule has 0 aliphatic heterocycles. The Labute approximate surface area is 93.6 Å². The zero-order chi connectivity index (χ0) is 11.8. The molecule has 2 aromatic rings. The SMILES string of the molecule is CC(C)(C)C(=O)Oc1ccc2[nH]cnc2c1. The molecule has 2 rings (SSSR count). The lowest BCUT2D eigenvalue weighted by molar-refractivity contribution is -0.142. The molecule has 0 fully saturated rings. The molecule has 1 N–H and O–H groups in total. The highest BCUT2D eigenvalue weighted by molar-refractivity contribution is 5.80. The fourth-order valence-corrected chi connectivity index (χ4v) is 1.24. The molecule has 0 bridgehead atoms. The van der Waals surface area contributed by atoms with Crippen molar-refractivity contribution in [1.29, 1.82) is 0 Å². The minimum atomic E-state index is -0.499. The number of nitrogens with zero attached hydrogens (tertiary/aromatic N) is 1. The number of fused-ring (bicyclic) bond motifs is 1. The Balaban J connectivity index is 2.24. The molecule has 0 aliphatic carbocycles. The third-order valence-electron chi connectivity index (χ3n) is 2.22. The Kier molecular flexibility index (Phi) is 2.42. The quantitative estimate of drug-likeness (QED) is 0.591. The van der Waals surface area contributed by atoms with Crippen molar-refractivity contribution in [3.05, 3.63) is 24.5 Å². The Morgan fingerprint density at radius 2 is 2.12 bits per heavy atom. The number of H-pyrrole nitrogens is 1. The van der Waals surface area contributed by atoms with Gasteiger partial charge >= 0.3 is 5.97 Å². The molecule has 0 unspecified atom stereocenters. The molecule has 84 valence electrons. The van der Waals surface area contributed by atoms with E-state index < -0.39 is 5.41 Å². The highest BCUT2D eigenvalue weighted by Gasteiger charge is 2.23. The summed E-state index contributed by atoms with van der Waals surface area (Å²) in [4.78, 5) is 18.7. The highest BCUT2D eigenvalue weighted by Crippen LogP contribution is 2.22. The summed E-state index contributed by atoms with van der Waals surface area (Å²) in [5, 5.41) is 0. The first-order valence-electron chi connectivity index (χ1n) is 5.12. The van der Waals surface area contributed by atoms with Gasteiger partial charge in [0.05, 0.1) is 22.8 Å². The molecule has 4 nitrogen and oxygen atoms in total. The van der Waals surface area contributed by atoms with Crippen LogP contribution in [0.15, 0.2) is 24.5 Å². The number of carbonyl (C=O) groups excluding carboxylic acids is 1. The average molecular weight is 218 g/mol. The molecule has 0 spiro atoms. The lowest BCUT2D eigenvalue weighted by atomic mass is 9.97. The van der Waals surface area contributed by atoms with Crippen molar-refractivity contribution < 1.29 is 9.53 Å². The van der Waals surface area contributed by atoms with Gasteiger partial charge in [0.15, 0.2) is 0 Å². The zero-order valence-electron chi connectivity index (χ0n) is 9.57. The summed E-state index contributed by atoms with van der Waals surface area (Å²) >= 11 is 0. The van der Waals surface area contributed by atoms with E-state index in [9.17, 15) is 4.79 Å². The first-order chi connectivity index (χ1) is 7.47. The summed E-state index contributed by atoms with van der Waals surface area (Å²) in [5.74, 6) is 0.280. The molecule has 0 atom stereocenters. The van der Waals surface area contributed by atoms with Crippen LogP contribution in [0.1, 0.15) is 20.8 Å². The molecular formula is C12H14N2O2. The molecule has 0 amide bonds. The number of carbonyl (C=O) groups is 1. The lowest BCUT2D eigenvalue weighted by Gasteiger charge is -2.16. The summed E-state index contributed by atoms with van der Waals surface area (Å²) in [7, 11) is 0. The number of rotatable bonds is 1. The molecule has 1 aromatic carbocycles. The molecule has 0 saturated heterocycles. The van der Waals surface area contributed by atoms with Gasteiger partial charge in [-0.25, -0.2) is 4.98 Å². The molecule has 16 heavy (non-hydrogen) atoms. The van der Waals surface area contributed by atoms with E-state index >= 15 is 0 Å². The second kappa shape index (κ2) is 3.63. The van der Waals surface area contributed by atoms with Gasteiger partial charge in [-0.1, -0.05) is 0 Å². The van der Waals surface area contributed by atoms with Crippen LogP contribution in [0.3, 0.4) is 0 Å². The molecule has 0 saturated carbocycles. The highest BCUT2D eigenvalue weighted by atomic mass is 16.5. The van der Waals surface area contributed by atoms with Crippen LogP contribution in [0.2, 0.25) is 0 Å². The molecule has 0 radical (unpaired) electrons. The van der Waals surface area contributed by atoms with Crippen LogP contribution < -0.4 is 4.74 Å². The van der Waals surface area contributed by atoms with Crippen LogP contribution >= 0.6 is 0 Å². The smallest absolute Gasteiger partial charge is 0.316 e. The van der Waals surface area contributed by atoms with E-state index in [1.54, 1.807) is 18.5 Å². The average Bonchev–Trinajstić information content (AvgIpc) is 2.63. The van der Waals surface area contributed by atoms with Crippen LogP contribution in [0.4, 0.5) is 0 Å². The van der Waals surface area contributed by atoms with E-state index in [0.717, 1.165) is 11.0 Å². The maximum atomic E-state index is 11.7. The number of hydrogen-bond donors (Lipinski definition) is 1. The monoisotopic (exact) mass is 218 g/mol. The van der Waals surface area contributed by atoms with E-state index in [0.29, 0.717) is 5.75 Å². The second-order valence-corrected chi connectivity index (χ2v) is 4.72. The van der Waals surface area contributed by atoms with Gasteiger partial charge in [-0.15, -0.1) is 0 Å². The van der Waals surface area contributed by atoms with Crippen LogP contribution in [0.25, 0.3) is 11.0 Å². The van der Waals surface area contributed by atoms with Crippen LogP contribution in [0.5, 0.6) is 5.75 Å². The maximum Gasteiger partial charge on any atom is 0.316 e. The van der Waals surface area contributed by atoms with Gasteiger partial charge in [-0.05, 0) is 32.9 Å². The number of hydrogen-bond acceptors (Lipinski definition) is 3. The number of esters is 1. The van der Waals surface area contributed by atoms with Gasteiger partial charge in [0.2, 0.25) is 0 Å². The Hall–Kier alpha value is -1.84. The Bertz CT molecular complexity index is 523. The van der Waals surface area contributed by atoms with E-state index in [-0.39, 0.29) is 5.97 Å². The third-order valence-corrected chi connectivity index (χ3v) is 2.22. The van der Waals surface area contributed by atoms with Gasteiger partial charge in [0, 0.05) is 6.07 Å². The van der Waals surface area contributed by atoms with Gasteiger partial charge in [0.25, 0.3) is 0 Å². The molecule has 4 heteroatoms. The van der Waals surface area contributed by atoms with Gasteiger partial charge in [-0.2, -0.15) is 0 Å². The zero-order valence-corrected chi connectivity index (χ0v) is 9.57. The minimum Gasteiger partial charge on any atom is -0.426 e. The van der Waals surface area contributed by atoms with Crippen molar-refractivity contribution in [3.63, 3.8) is 0 Å². The standard InChI is InChI=1S/C12H14N2O2/c1-12(2,3)11(15)16-8-4-5-9-10(6-8)14-7-13-9/h4-7H,1-3H3,(H,13,14). The Morgan fingerprint density at radius 3 is 2.81 bits per heavy atom. The third kappa shape index (κ3) is 2.05. The summed E-state index contributed by atoms with van der Waals surface area (Å²) in [6.45, 7) is 5.47. The number of ether oxygens (including phenoxy) is 1. The summed E-state index contributed by atoms with van der Waals surface area (Å²) < 4.78 is 5.26. The van der Waals surface area contributed by atoms with Crippen molar-refractivity contribution >= 4 is 17.0 Å². The van der Waals surface area contributed by atoms with Crippen LogP contribution in [0, 0.1) is 5.41 Å². The van der Waals surface area contributed by atoms with Crippen molar-refractivity contribution in [2.75, 3.05) is 0 Å². The van der Waals surface area contributed by atoms with E-state index in [1.165, 1.54) is 0 Å². The fraction of sp³-hybridized carbons (Fsp3) is 0.333. The van der Waals surface area contributed by atoms with E-state index in [2.05, 4.69) is 9.97 Å². The number of aromatic nitrogens is 2. The maximum absolute atomic E-state index is 11.7. The van der Waals surface area contributed by atoms with Gasteiger partial charge in [-0.3, -0.25) is 4.79 Å². The minimum absolute atomic E-state index is 0.248. The number of imidazole rings is 1. The summed E-state index contributed by atoms with van der Waals surface area (Å²) in [6, 6.07) is 5.34. The number of aromatic amines is 1. The molecule has 0 aliphatic rings. The molecule has 1 aromatic heterocycles. The first kappa shape index (κ1) is 10.7. The van der Waals surface area contributed by atoms with Crippen molar-refractivity contribution in [2.24, 2.45) is 5.41 Å². The second-order valence-electron chi connectivity index (χ2n) is 4.72. The van der Waals surface area contributed by atoms with E-state index in [4.69, 9.17) is 4.74 Å². The molecular weight excluding hydrogens is 204 g/mol. The van der Waals surface area contributed by atoms with Crippen molar-refractivity contribution in [2.45, 2.75) is 20.8 Å². The summed E-state index contributed by atoms with van der Waals surface area (Å²) in [6.07, 6.45) is 1.61. The van der Waals surface area contributed by atoms with Gasteiger partial charge < -0.3 is 9.72 Å². The predicted molar refractivity (Wildman–Crippen MR) is 61.2 cm³/mol. The fourth-order valence-electron chi connectivity index (χ4n) is 1.24.